The quantitative estimate of drug-likeness (QED) is 0.539. The van der Waals surface area contributed by atoms with Gasteiger partial charge >= 0.3 is 0 Å². The maximum absolute atomic E-state index is 12.6. The molecule has 2 heterocycles. The van der Waals surface area contributed by atoms with Gasteiger partial charge in [-0.3, -0.25) is 4.79 Å². The number of anilines is 1. The molecule has 0 saturated heterocycles. The molecule has 0 spiro atoms. The molecular formula is C16H15N3OS2. The van der Waals surface area contributed by atoms with Crippen molar-refractivity contribution in [2.75, 3.05) is 11.9 Å². The molecule has 3 aromatic rings. The number of para-hydroxylation sites is 1. The molecule has 1 aromatic carbocycles. The third-order valence-electron chi connectivity index (χ3n) is 3.32. The fraction of sp³-hybridized carbons (Fsp3) is 0.188. The van der Waals surface area contributed by atoms with Gasteiger partial charge in [-0.25, -0.2) is 9.97 Å². The monoisotopic (exact) mass is 329 g/mol. The number of thiophene rings is 1. The molecule has 0 aliphatic carbocycles. The van der Waals surface area contributed by atoms with Crippen LogP contribution in [0.5, 0.6) is 0 Å². The van der Waals surface area contributed by atoms with E-state index in [1.54, 1.807) is 29.6 Å². The summed E-state index contributed by atoms with van der Waals surface area (Å²) in [4.78, 5) is 22.8. The predicted molar refractivity (Wildman–Crippen MR) is 92.6 cm³/mol. The number of fused-ring (bicyclic) bond motifs is 1. The number of aromatic nitrogens is 2. The highest BCUT2D eigenvalue weighted by atomic mass is 32.2. The summed E-state index contributed by atoms with van der Waals surface area (Å²) in [6, 6.07) is 11.6. The number of hydrogen-bond acceptors (Lipinski definition) is 5. The highest BCUT2D eigenvalue weighted by Crippen LogP contribution is 2.32. The first-order chi connectivity index (χ1) is 10.7. The van der Waals surface area contributed by atoms with E-state index in [4.69, 9.17) is 0 Å². The average Bonchev–Trinajstić information content (AvgIpc) is 3.04. The van der Waals surface area contributed by atoms with Crippen molar-refractivity contribution in [1.29, 1.82) is 0 Å². The highest BCUT2D eigenvalue weighted by molar-refractivity contribution is 8.00. The Labute approximate surface area is 137 Å². The second kappa shape index (κ2) is 6.46. The van der Waals surface area contributed by atoms with Crippen molar-refractivity contribution in [1.82, 2.24) is 9.97 Å². The number of amides is 1. The molecular weight excluding hydrogens is 314 g/mol. The normalized spacial score (nSPS) is 12.3. The van der Waals surface area contributed by atoms with Gasteiger partial charge in [0, 0.05) is 12.7 Å². The topological polar surface area (TPSA) is 46.1 Å². The van der Waals surface area contributed by atoms with Gasteiger partial charge in [-0.05, 0) is 30.5 Å². The van der Waals surface area contributed by atoms with Crippen LogP contribution in [0.15, 0.2) is 53.1 Å². The number of rotatable bonds is 4. The zero-order valence-electron chi connectivity index (χ0n) is 12.3. The van der Waals surface area contributed by atoms with E-state index in [2.05, 4.69) is 9.97 Å². The van der Waals surface area contributed by atoms with E-state index in [1.807, 2.05) is 48.7 Å². The lowest BCUT2D eigenvalue weighted by molar-refractivity contribution is -0.117. The average molecular weight is 329 g/mol. The molecule has 1 amide bonds. The van der Waals surface area contributed by atoms with Crippen molar-refractivity contribution in [2.45, 2.75) is 17.2 Å². The van der Waals surface area contributed by atoms with Crippen LogP contribution in [0.4, 0.5) is 5.69 Å². The Kier molecular flexibility index (Phi) is 4.40. The number of carbonyl (C=O) groups is 1. The molecule has 1 atom stereocenters. The first kappa shape index (κ1) is 15.0. The maximum Gasteiger partial charge on any atom is 0.239 e. The van der Waals surface area contributed by atoms with Crippen molar-refractivity contribution in [3.05, 3.63) is 48.1 Å². The summed E-state index contributed by atoms with van der Waals surface area (Å²) < 4.78 is 1.04. The zero-order chi connectivity index (χ0) is 15.5. The summed E-state index contributed by atoms with van der Waals surface area (Å²) in [6.07, 6.45) is 1.55. The molecule has 0 radical (unpaired) electrons. The number of carbonyl (C=O) groups excluding carboxylic acids is 1. The second-order valence-electron chi connectivity index (χ2n) is 4.81. The summed E-state index contributed by atoms with van der Waals surface area (Å²) in [7, 11) is 1.80. The molecule has 0 saturated carbocycles. The van der Waals surface area contributed by atoms with Crippen molar-refractivity contribution < 1.29 is 4.79 Å². The van der Waals surface area contributed by atoms with Gasteiger partial charge in [-0.1, -0.05) is 30.0 Å². The van der Waals surface area contributed by atoms with Crippen LogP contribution in [0.3, 0.4) is 0 Å². The molecule has 0 aliphatic rings. The minimum atomic E-state index is -0.217. The molecule has 2 aromatic heterocycles. The van der Waals surface area contributed by atoms with Gasteiger partial charge in [0.2, 0.25) is 5.91 Å². The highest BCUT2D eigenvalue weighted by Gasteiger charge is 2.21. The predicted octanol–water partition coefficient (Wildman–Crippen LogP) is 3.83. The third-order valence-corrected chi connectivity index (χ3v) is 5.45. The van der Waals surface area contributed by atoms with Crippen molar-refractivity contribution >= 4 is 44.9 Å². The van der Waals surface area contributed by atoms with Gasteiger partial charge in [0.05, 0.1) is 15.5 Å². The van der Waals surface area contributed by atoms with Crippen LogP contribution in [0.25, 0.3) is 10.2 Å². The number of benzene rings is 1. The Morgan fingerprint density at radius 3 is 2.77 bits per heavy atom. The Hall–Kier alpha value is -1.92. The molecule has 0 bridgehead atoms. The Morgan fingerprint density at radius 1 is 1.23 bits per heavy atom. The van der Waals surface area contributed by atoms with Gasteiger partial charge < -0.3 is 4.90 Å². The first-order valence-electron chi connectivity index (χ1n) is 6.84. The number of thioether (sulfide) groups is 1. The summed E-state index contributed by atoms with van der Waals surface area (Å²) in [5.74, 6) is 0.0551. The lowest BCUT2D eigenvalue weighted by atomic mass is 10.3. The summed E-state index contributed by atoms with van der Waals surface area (Å²) in [6.45, 7) is 1.91. The number of nitrogens with zero attached hydrogens (tertiary/aromatic N) is 3. The molecule has 6 heteroatoms. The van der Waals surface area contributed by atoms with Gasteiger partial charge in [0.15, 0.2) is 0 Å². The number of hydrogen-bond donors (Lipinski definition) is 0. The van der Waals surface area contributed by atoms with Crippen LogP contribution in [0.2, 0.25) is 0 Å². The fourth-order valence-electron chi connectivity index (χ4n) is 2.12. The van der Waals surface area contributed by atoms with Crippen LogP contribution in [-0.4, -0.2) is 28.2 Å². The van der Waals surface area contributed by atoms with Gasteiger partial charge in [-0.2, -0.15) is 0 Å². The Balaban J connectivity index is 1.78. The Morgan fingerprint density at radius 2 is 2.00 bits per heavy atom. The minimum Gasteiger partial charge on any atom is -0.315 e. The van der Waals surface area contributed by atoms with E-state index in [9.17, 15) is 4.79 Å². The van der Waals surface area contributed by atoms with E-state index in [1.165, 1.54) is 11.8 Å². The SMILES string of the molecule is CC(Sc1ncnc2ccsc12)C(=O)N(C)c1ccccc1. The van der Waals surface area contributed by atoms with Crippen LogP contribution in [0.1, 0.15) is 6.92 Å². The van der Waals surface area contributed by atoms with Crippen molar-refractivity contribution in [3.63, 3.8) is 0 Å². The summed E-state index contributed by atoms with van der Waals surface area (Å²) in [5, 5.41) is 2.64. The zero-order valence-corrected chi connectivity index (χ0v) is 13.9. The maximum atomic E-state index is 12.6. The van der Waals surface area contributed by atoms with Gasteiger partial charge in [0.25, 0.3) is 0 Å². The van der Waals surface area contributed by atoms with Gasteiger partial charge in [0.1, 0.15) is 11.4 Å². The minimum absolute atomic E-state index is 0.0551. The second-order valence-corrected chi connectivity index (χ2v) is 7.05. The molecule has 0 aliphatic heterocycles. The fourth-order valence-corrected chi connectivity index (χ4v) is 4.05. The smallest absolute Gasteiger partial charge is 0.239 e. The molecule has 112 valence electrons. The molecule has 0 fully saturated rings. The van der Waals surface area contributed by atoms with E-state index in [-0.39, 0.29) is 11.2 Å². The van der Waals surface area contributed by atoms with Crippen molar-refractivity contribution in [2.24, 2.45) is 0 Å². The lowest BCUT2D eigenvalue weighted by Crippen LogP contribution is -2.33. The largest absolute Gasteiger partial charge is 0.315 e. The molecule has 0 N–H and O–H groups in total. The summed E-state index contributed by atoms with van der Waals surface area (Å²) >= 11 is 3.08. The van der Waals surface area contributed by atoms with E-state index in [0.717, 1.165) is 20.9 Å². The van der Waals surface area contributed by atoms with Crippen LogP contribution in [-0.2, 0) is 4.79 Å². The van der Waals surface area contributed by atoms with E-state index in [0.29, 0.717) is 0 Å². The summed E-state index contributed by atoms with van der Waals surface area (Å²) in [5.41, 5.74) is 1.82. The van der Waals surface area contributed by atoms with E-state index < -0.39 is 0 Å². The van der Waals surface area contributed by atoms with Crippen molar-refractivity contribution in [3.8, 4) is 0 Å². The molecule has 22 heavy (non-hydrogen) atoms. The Bertz CT molecular complexity index is 788. The standard InChI is InChI=1S/C16H15N3OS2/c1-11(16(20)19(2)12-6-4-3-5-7-12)22-15-14-13(8-9-21-14)17-10-18-15/h3-11H,1-2H3. The van der Waals surface area contributed by atoms with Gasteiger partial charge in [-0.15, -0.1) is 11.3 Å². The van der Waals surface area contributed by atoms with E-state index >= 15 is 0 Å². The molecule has 1 unspecified atom stereocenters. The molecule has 3 rings (SSSR count). The van der Waals surface area contributed by atoms with Crippen LogP contribution >= 0.6 is 23.1 Å². The third kappa shape index (κ3) is 2.98. The first-order valence-corrected chi connectivity index (χ1v) is 8.60. The lowest BCUT2D eigenvalue weighted by Gasteiger charge is -2.21. The van der Waals surface area contributed by atoms with Crippen LogP contribution < -0.4 is 4.90 Å². The van der Waals surface area contributed by atoms with Crippen LogP contribution in [0, 0.1) is 0 Å². The molecule has 4 nitrogen and oxygen atoms in total.